The molecule has 0 saturated carbocycles. The summed E-state index contributed by atoms with van der Waals surface area (Å²) in [6.07, 6.45) is 2.31. The van der Waals surface area contributed by atoms with Crippen molar-refractivity contribution in [3.63, 3.8) is 0 Å². The SMILES string of the molecule is COc1cc2ncnc(Oc3ccc(NC(=O)NC4CCN(Cc5ccccc5C)C4)c(Cl)c3)c2cc1OC. The van der Waals surface area contributed by atoms with Crippen molar-refractivity contribution in [2.75, 3.05) is 32.6 Å². The van der Waals surface area contributed by atoms with Crippen molar-refractivity contribution in [2.45, 2.75) is 25.9 Å². The summed E-state index contributed by atoms with van der Waals surface area (Å²) < 4.78 is 16.8. The van der Waals surface area contributed by atoms with Crippen molar-refractivity contribution in [3.05, 3.63) is 77.1 Å². The van der Waals surface area contributed by atoms with Crippen LogP contribution in [0.2, 0.25) is 5.02 Å². The molecule has 1 unspecified atom stereocenters. The maximum Gasteiger partial charge on any atom is 0.319 e. The number of aryl methyl sites for hydroxylation is 1. The number of halogens is 1. The molecule has 0 aliphatic carbocycles. The number of nitrogens with zero attached hydrogens (tertiary/aromatic N) is 3. The van der Waals surface area contributed by atoms with Gasteiger partial charge >= 0.3 is 6.03 Å². The van der Waals surface area contributed by atoms with E-state index in [1.54, 1.807) is 44.6 Å². The first-order valence-electron chi connectivity index (χ1n) is 12.6. The van der Waals surface area contributed by atoms with Crippen molar-refractivity contribution in [1.29, 1.82) is 0 Å². The first-order valence-corrected chi connectivity index (χ1v) is 13.0. The van der Waals surface area contributed by atoms with E-state index in [9.17, 15) is 4.79 Å². The number of methoxy groups -OCH3 is 2. The normalized spacial score (nSPS) is 15.2. The van der Waals surface area contributed by atoms with E-state index < -0.39 is 0 Å². The summed E-state index contributed by atoms with van der Waals surface area (Å²) in [4.78, 5) is 23.6. The summed E-state index contributed by atoms with van der Waals surface area (Å²) in [7, 11) is 3.12. The molecule has 1 aliphatic rings. The van der Waals surface area contributed by atoms with E-state index in [0.29, 0.717) is 44.7 Å². The van der Waals surface area contributed by atoms with E-state index in [-0.39, 0.29) is 12.1 Å². The number of hydrogen-bond donors (Lipinski definition) is 2. The lowest BCUT2D eigenvalue weighted by Gasteiger charge is -2.18. The number of benzene rings is 3. The topological polar surface area (TPSA) is 97.8 Å². The van der Waals surface area contributed by atoms with Gasteiger partial charge < -0.3 is 24.8 Å². The summed E-state index contributed by atoms with van der Waals surface area (Å²) in [5, 5.41) is 6.90. The van der Waals surface area contributed by atoms with E-state index in [0.717, 1.165) is 26.1 Å². The number of aromatic nitrogens is 2. The van der Waals surface area contributed by atoms with Gasteiger partial charge in [-0.1, -0.05) is 35.9 Å². The Morgan fingerprint density at radius 1 is 1.08 bits per heavy atom. The molecule has 9 nitrogen and oxygen atoms in total. The minimum Gasteiger partial charge on any atom is -0.493 e. The van der Waals surface area contributed by atoms with Crippen LogP contribution in [0.25, 0.3) is 10.9 Å². The van der Waals surface area contributed by atoms with Crippen LogP contribution >= 0.6 is 11.6 Å². The molecule has 1 saturated heterocycles. The summed E-state index contributed by atoms with van der Waals surface area (Å²) in [6.45, 7) is 4.73. The van der Waals surface area contributed by atoms with E-state index in [2.05, 4.69) is 50.6 Å². The van der Waals surface area contributed by atoms with Crippen molar-refractivity contribution < 1.29 is 19.0 Å². The molecule has 202 valence electrons. The van der Waals surface area contributed by atoms with Gasteiger partial charge in [-0.25, -0.2) is 14.8 Å². The molecule has 39 heavy (non-hydrogen) atoms. The van der Waals surface area contributed by atoms with Gasteiger partial charge in [0.2, 0.25) is 5.88 Å². The summed E-state index contributed by atoms with van der Waals surface area (Å²) in [5.41, 5.74) is 3.71. The van der Waals surface area contributed by atoms with Crippen molar-refractivity contribution in [1.82, 2.24) is 20.2 Å². The minimum atomic E-state index is -0.295. The van der Waals surface area contributed by atoms with Crippen LogP contribution in [0.5, 0.6) is 23.1 Å². The monoisotopic (exact) mass is 547 g/mol. The highest BCUT2D eigenvalue weighted by Crippen LogP contribution is 2.36. The lowest BCUT2D eigenvalue weighted by atomic mass is 10.1. The number of carbonyl (C=O) groups is 1. The first kappa shape index (κ1) is 26.5. The van der Waals surface area contributed by atoms with Crippen LogP contribution in [0, 0.1) is 6.92 Å². The third kappa shape index (κ3) is 6.16. The van der Waals surface area contributed by atoms with Gasteiger partial charge in [-0.3, -0.25) is 4.90 Å². The minimum absolute atomic E-state index is 0.0667. The fourth-order valence-corrected chi connectivity index (χ4v) is 4.90. The molecule has 2 amide bonds. The Labute approximate surface area is 232 Å². The van der Waals surface area contributed by atoms with Gasteiger partial charge in [0.1, 0.15) is 12.1 Å². The Kier molecular flexibility index (Phi) is 7.99. The van der Waals surface area contributed by atoms with Gasteiger partial charge in [-0.15, -0.1) is 0 Å². The van der Waals surface area contributed by atoms with Gasteiger partial charge in [0.25, 0.3) is 0 Å². The Bertz CT molecular complexity index is 1500. The van der Waals surface area contributed by atoms with E-state index >= 15 is 0 Å². The van der Waals surface area contributed by atoms with Gasteiger partial charge in [-0.2, -0.15) is 0 Å². The van der Waals surface area contributed by atoms with Crippen LogP contribution in [0.4, 0.5) is 10.5 Å². The fraction of sp³-hybridized carbons (Fsp3) is 0.276. The molecule has 2 heterocycles. The second-order valence-corrected chi connectivity index (χ2v) is 9.80. The lowest BCUT2D eigenvalue weighted by molar-refractivity contribution is 0.247. The molecule has 0 bridgehead atoms. The highest BCUT2D eigenvalue weighted by atomic mass is 35.5. The van der Waals surface area contributed by atoms with Gasteiger partial charge in [0.05, 0.1) is 35.8 Å². The fourth-order valence-electron chi connectivity index (χ4n) is 4.68. The van der Waals surface area contributed by atoms with Crippen molar-refractivity contribution in [3.8, 4) is 23.1 Å². The maximum atomic E-state index is 12.7. The molecule has 2 N–H and O–H groups in total. The Morgan fingerprint density at radius 3 is 2.64 bits per heavy atom. The van der Waals surface area contributed by atoms with E-state index in [1.165, 1.54) is 17.5 Å². The number of fused-ring (bicyclic) bond motifs is 1. The van der Waals surface area contributed by atoms with Crippen LogP contribution in [-0.4, -0.2) is 54.2 Å². The van der Waals surface area contributed by atoms with Gasteiger partial charge in [-0.05, 0) is 42.7 Å². The summed E-state index contributed by atoms with van der Waals surface area (Å²) >= 11 is 6.49. The molecule has 3 aromatic carbocycles. The molecule has 1 aliphatic heterocycles. The predicted octanol–water partition coefficient (Wildman–Crippen LogP) is 5.80. The number of ether oxygens (including phenoxy) is 3. The zero-order chi connectivity index (χ0) is 27.4. The average molecular weight is 548 g/mol. The molecule has 1 atom stereocenters. The number of likely N-dealkylation sites (tertiary alicyclic amines) is 1. The Balaban J connectivity index is 1.20. The van der Waals surface area contributed by atoms with Crippen LogP contribution in [-0.2, 0) is 6.54 Å². The number of hydrogen-bond acceptors (Lipinski definition) is 7. The molecule has 1 fully saturated rings. The molecule has 5 rings (SSSR count). The summed E-state index contributed by atoms with van der Waals surface area (Å²) in [5.74, 6) is 1.90. The number of amides is 2. The standard InChI is InChI=1S/C29H30ClN5O4/c1-18-6-4-5-7-19(18)15-35-11-10-20(16-35)33-29(36)34-24-9-8-21(12-23(24)30)39-28-22-13-26(37-2)27(38-3)14-25(22)31-17-32-28/h4-9,12-14,17,20H,10-11,15-16H2,1-3H3,(H2,33,34,36). The summed E-state index contributed by atoms with van der Waals surface area (Å²) in [6, 6.07) is 16.7. The average Bonchev–Trinajstić information content (AvgIpc) is 3.37. The predicted molar refractivity (Wildman–Crippen MR) is 151 cm³/mol. The molecule has 10 heteroatoms. The lowest BCUT2D eigenvalue weighted by Crippen LogP contribution is -2.39. The Hall–Kier alpha value is -4.08. The number of carbonyl (C=O) groups excluding carboxylic acids is 1. The maximum absolute atomic E-state index is 12.7. The molecular weight excluding hydrogens is 518 g/mol. The number of nitrogens with one attached hydrogen (secondary N) is 2. The number of urea groups is 1. The highest BCUT2D eigenvalue weighted by molar-refractivity contribution is 6.33. The smallest absolute Gasteiger partial charge is 0.319 e. The second kappa shape index (κ2) is 11.8. The van der Waals surface area contributed by atoms with Crippen molar-refractivity contribution >= 4 is 34.2 Å². The van der Waals surface area contributed by atoms with Crippen LogP contribution in [0.15, 0.2) is 60.9 Å². The number of rotatable bonds is 8. The quantitative estimate of drug-likeness (QED) is 0.288. The molecular formula is C29H30ClN5O4. The van der Waals surface area contributed by atoms with Gasteiger partial charge in [0, 0.05) is 37.8 Å². The molecule has 0 spiro atoms. The highest BCUT2D eigenvalue weighted by Gasteiger charge is 2.24. The van der Waals surface area contributed by atoms with Crippen molar-refractivity contribution in [2.24, 2.45) is 0 Å². The molecule has 0 radical (unpaired) electrons. The van der Waals surface area contributed by atoms with E-state index in [1.807, 2.05) is 6.07 Å². The van der Waals surface area contributed by atoms with Crippen LogP contribution in [0.3, 0.4) is 0 Å². The van der Waals surface area contributed by atoms with Gasteiger partial charge in [0.15, 0.2) is 11.5 Å². The zero-order valence-corrected chi connectivity index (χ0v) is 22.8. The van der Waals surface area contributed by atoms with Crippen LogP contribution in [0.1, 0.15) is 17.5 Å². The molecule has 1 aromatic heterocycles. The zero-order valence-electron chi connectivity index (χ0n) is 22.0. The Morgan fingerprint density at radius 2 is 1.87 bits per heavy atom. The number of anilines is 1. The third-order valence-corrected chi connectivity index (χ3v) is 7.08. The van der Waals surface area contributed by atoms with E-state index in [4.69, 9.17) is 25.8 Å². The van der Waals surface area contributed by atoms with Crippen LogP contribution < -0.4 is 24.8 Å². The second-order valence-electron chi connectivity index (χ2n) is 9.39. The largest absolute Gasteiger partial charge is 0.493 e. The first-order chi connectivity index (χ1) is 18.9. The molecule has 4 aromatic rings. The third-order valence-electron chi connectivity index (χ3n) is 6.77.